The Hall–Kier alpha value is -4.58. The molecule has 0 fully saturated rings. The van der Waals surface area contributed by atoms with Gasteiger partial charge in [-0.25, -0.2) is 0 Å². The van der Waals surface area contributed by atoms with Crippen molar-refractivity contribution in [2.45, 2.75) is 45.7 Å². The number of amides is 2. The first-order valence-corrected chi connectivity index (χ1v) is 13.2. The van der Waals surface area contributed by atoms with Gasteiger partial charge in [-0.05, 0) is 65.8 Å². The molecule has 1 atom stereocenters. The maximum Gasteiger partial charge on any atom is 0.251 e. The molecule has 0 bridgehead atoms. The van der Waals surface area contributed by atoms with Crippen molar-refractivity contribution in [2.24, 2.45) is 0 Å². The number of hydrogen-bond donors (Lipinski definition) is 2. The number of nitrogens with zero attached hydrogens (tertiary/aromatic N) is 1. The van der Waals surface area contributed by atoms with Crippen LogP contribution in [-0.2, 0) is 22.6 Å². The molecule has 5 rings (SSSR count). The zero-order valence-corrected chi connectivity index (χ0v) is 22.5. The van der Waals surface area contributed by atoms with E-state index in [4.69, 9.17) is 4.42 Å². The van der Waals surface area contributed by atoms with E-state index >= 15 is 0 Å². The average molecular weight is 520 g/mol. The van der Waals surface area contributed by atoms with Gasteiger partial charge in [-0.15, -0.1) is 0 Å². The lowest BCUT2D eigenvalue weighted by atomic mass is 10.0. The van der Waals surface area contributed by atoms with Crippen LogP contribution in [0.1, 0.15) is 54.0 Å². The molecule has 0 aliphatic heterocycles. The van der Waals surface area contributed by atoms with E-state index in [-0.39, 0.29) is 24.8 Å². The van der Waals surface area contributed by atoms with Gasteiger partial charge in [0.15, 0.2) is 0 Å². The van der Waals surface area contributed by atoms with Crippen LogP contribution in [-0.4, -0.2) is 21.7 Å². The van der Waals surface area contributed by atoms with Gasteiger partial charge in [-0.1, -0.05) is 74.0 Å². The SMILES string of the molecule is Cc1ccc([C@@H](C(=O)Nc2ccc(C(C)C)cc2)N(Cc2ccco2)C(=O)Cc2cc3ccccc3[nH]2)cc1. The van der Waals surface area contributed by atoms with Crippen LogP contribution in [0.15, 0.2) is 102 Å². The molecule has 2 heterocycles. The molecule has 0 unspecified atom stereocenters. The summed E-state index contributed by atoms with van der Waals surface area (Å²) in [4.78, 5) is 32.8. The minimum atomic E-state index is -0.864. The molecular weight excluding hydrogens is 486 g/mol. The van der Waals surface area contributed by atoms with Gasteiger partial charge < -0.3 is 19.6 Å². The third-order valence-electron chi connectivity index (χ3n) is 6.95. The molecule has 2 aromatic heterocycles. The molecule has 5 aromatic rings. The fourth-order valence-electron chi connectivity index (χ4n) is 4.77. The second-order valence-corrected chi connectivity index (χ2v) is 10.2. The zero-order chi connectivity index (χ0) is 27.4. The van der Waals surface area contributed by atoms with Crippen molar-refractivity contribution in [3.8, 4) is 0 Å². The molecule has 6 nitrogen and oxygen atoms in total. The number of aromatic nitrogens is 1. The Morgan fingerprint density at radius 1 is 0.897 bits per heavy atom. The van der Waals surface area contributed by atoms with Crippen molar-refractivity contribution in [1.82, 2.24) is 9.88 Å². The highest BCUT2D eigenvalue weighted by atomic mass is 16.3. The molecular formula is C33H33N3O3. The summed E-state index contributed by atoms with van der Waals surface area (Å²) in [6.45, 7) is 6.42. The first-order valence-electron chi connectivity index (χ1n) is 13.2. The summed E-state index contributed by atoms with van der Waals surface area (Å²) >= 11 is 0. The summed E-state index contributed by atoms with van der Waals surface area (Å²) in [5.41, 5.74) is 5.43. The number of aromatic amines is 1. The Balaban J connectivity index is 1.49. The number of furan rings is 1. The van der Waals surface area contributed by atoms with Crippen LogP contribution >= 0.6 is 0 Å². The summed E-state index contributed by atoms with van der Waals surface area (Å²) in [7, 11) is 0. The number of carbonyl (C=O) groups excluding carboxylic acids is 2. The Morgan fingerprint density at radius 2 is 1.62 bits per heavy atom. The van der Waals surface area contributed by atoms with Gasteiger partial charge in [0, 0.05) is 16.9 Å². The number of anilines is 1. The predicted molar refractivity (Wildman–Crippen MR) is 154 cm³/mol. The maximum absolute atomic E-state index is 14.0. The molecule has 2 amide bonds. The van der Waals surface area contributed by atoms with E-state index in [1.54, 1.807) is 17.2 Å². The number of hydrogen-bond acceptors (Lipinski definition) is 3. The van der Waals surface area contributed by atoms with Crippen molar-refractivity contribution >= 4 is 28.4 Å². The van der Waals surface area contributed by atoms with Crippen molar-refractivity contribution in [3.63, 3.8) is 0 Å². The summed E-state index contributed by atoms with van der Waals surface area (Å²) in [6, 6.07) is 28.2. The van der Waals surface area contributed by atoms with Crippen molar-refractivity contribution in [2.75, 3.05) is 5.32 Å². The van der Waals surface area contributed by atoms with Gasteiger partial charge in [-0.3, -0.25) is 9.59 Å². The van der Waals surface area contributed by atoms with E-state index in [0.717, 1.165) is 27.7 Å². The van der Waals surface area contributed by atoms with Crippen molar-refractivity contribution in [3.05, 3.63) is 125 Å². The van der Waals surface area contributed by atoms with Gasteiger partial charge in [-0.2, -0.15) is 0 Å². The molecule has 0 saturated heterocycles. The monoisotopic (exact) mass is 519 g/mol. The van der Waals surface area contributed by atoms with Crippen LogP contribution in [0, 0.1) is 6.92 Å². The molecule has 2 N–H and O–H groups in total. The lowest BCUT2D eigenvalue weighted by molar-refractivity contribution is -0.139. The summed E-state index contributed by atoms with van der Waals surface area (Å²) in [5.74, 6) is 0.522. The van der Waals surface area contributed by atoms with E-state index in [0.29, 0.717) is 17.4 Å². The molecule has 0 aliphatic carbocycles. The lowest BCUT2D eigenvalue weighted by Gasteiger charge is -2.31. The number of H-pyrrole nitrogens is 1. The van der Waals surface area contributed by atoms with Crippen molar-refractivity contribution in [1.29, 1.82) is 0 Å². The minimum Gasteiger partial charge on any atom is -0.467 e. The van der Waals surface area contributed by atoms with Crippen LogP contribution in [0.4, 0.5) is 5.69 Å². The number of benzene rings is 3. The topological polar surface area (TPSA) is 78.3 Å². The zero-order valence-electron chi connectivity index (χ0n) is 22.5. The van der Waals surface area contributed by atoms with Gasteiger partial charge in [0.2, 0.25) is 5.91 Å². The quantitative estimate of drug-likeness (QED) is 0.217. The van der Waals surface area contributed by atoms with E-state index in [2.05, 4.69) is 24.1 Å². The number of fused-ring (bicyclic) bond motifs is 1. The van der Waals surface area contributed by atoms with Gasteiger partial charge >= 0.3 is 0 Å². The highest BCUT2D eigenvalue weighted by Crippen LogP contribution is 2.28. The van der Waals surface area contributed by atoms with E-state index in [9.17, 15) is 9.59 Å². The lowest BCUT2D eigenvalue weighted by Crippen LogP contribution is -2.41. The molecule has 0 radical (unpaired) electrons. The second kappa shape index (κ2) is 11.4. The second-order valence-electron chi connectivity index (χ2n) is 10.2. The predicted octanol–water partition coefficient (Wildman–Crippen LogP) is 7.14. The summed E-state index contributed by atoms with van der Waals surface area (Å²) in [5, 5.41) is 4.09. The fraction of sp³-hybridized carbons (Fsp3) is 0.212. The highest BCUT2D eigenvalue weighted by molar-refractivity contribution is 5.98. The Labute approximate surface area is 228 Å². The number of rotatable bonds is 9. The number of carbonyl (C=O) groups is 2. The van der Waals surface area contributed by atoms with Crippen LogP contribution < -0.4 is 5.32 Å². The minimum absolute atomic E-state index is 0.119. The van der Waals surface area contributed by atoms with Crippen LogP contribution in [0.25, 0.3) is 10.9 Å². The molecule has 198 valence electrons. The molecule has 6 heteroatoms. The Morgan fingerprint density at radius 3 is 2.28 bits per heavy atom. The molecule has 0 saturated carbocycles. The van der Waals surface area contributed by atoms with Crippen LogP contribution in [0.3, 0.4) is 0 Å². The smallest absolute Gasteiger partial charge is 0.251 e. The average Bonchev–Trinajstić information content (AvgIpc) is 3.59. The summed E-state index contributed by atoms with van der Waals surface area (Å²) in [6.07, 6.45) is 1.70. The highest BCUT2D eigenvalue weighted by Gasteiger charge is 2.32. The molecule has 0 spiro atoms. The van der Waals surface area contributed by atoms with Crippen LogP contribution in [0.5, 0.6) is 0 Å². The first kappa shape index (κ1) is 26.0. The number of para-hydroxylation sites is 1. The standard InChI is InChI=1S/C33H33N3O3/c1-22(2)24-14-16-27(17-15-24)35-33(38)32(25-12-10-23(3)11-13-25)36(21-29-8-6-18-39-29)31(37)20-28-19-26-7-4-5-9-30(26)34-28/h4-19,22,32,34H,20-21H2,1-3H3,(H,35,38)/t32-/m0/s1. The Kier molecular flexibility index (Phi) is 7.64. The normalized spacial score (nSPS) is 12.0. The summed E-state index contributed by atoms with van der Waals surface area (Å²) < 4.78 is 5.62. The third kappa shape index (κ3) is 6.12. The first-order chi connectivity index (χ1) is 18.9. The number of aryl methyl sites for hydroxylation is 1. The number of nitrogens with one attached hydrogen (secondary N) is 2. The molecule has 3 aromatic carbocycles. The van der Waals surface area contributed by atoms with E-state index < -0.39 is 6.04 Å². The van der Waals surface area contributed by atoms with Gasteiger partial charge in [0.25, 0.3) is 5.91 Å². The third-order valence-corrected chi connectivity index (χ3v) is 6.95. The van der Waals surface area contributed by atoms with E-state index in [1.165, 1.54) is 5.56 Å². The Bertz CT molecular complexity index is 1520. The van der Waals surface area contributed by atoms with Gasteiger partial charge in [0.05, 0.1) is 19.2 Å². The molecule has 0 aliphatic rings. The van der Waals surface area contributed by atoms with Crippen molar-refractivity contribution < 1.29 is 14.0 Å². The van der Waals surface area contributed by atoms with Crippen LogP contribution in [0.2, 0.25) is 0 Å². The van der Waals surface area contributed by atoms with E-state index in [1.807, 2.05) is 91.9 Å². The molecule has 39 heavy (non-hydrogen) atoms. The largest absolute Gasteiger partial charge is 0.467 e. The maximum atomic E-state index is 14.0. The van der Waals surface area contributed by atoms with Gasteiger partial charge in [0.1, 0.15) is 11.8 Å². The fourth-order valence-corrected chi connectivity index (χ4v) is 4.77.